The molecule has 1 aromatic heterocycles. The zero-order valence-corrected chi connectivity index (χ0v) is 13.5. The number of amides is 1. The topological polar surface area (TPSA) is 65.9 Å². The number of aromatic nitrogens is 1. The monoisotopic (exact) mass is 319 g/mol. The van der Waals surface area contributed by atoms with Crippen molar-refractivity contribution < 1.29 is 14.6 Å². The zero-order valence-electron chi connectivity index (χ0n) is 13.5. The molecule has 2 aliphatic heterocycles. The fraction of sp³-hybridized carbons (Fsp3) is 0.647. The largest absolute Gasteiger partial charge is 0.465 e. The molecule has 3 rings (SSSR count). The number of carboxylic acid groups (broad SMARTS) is 1. The van der Waals surface area contributed by atoms with Gasteiger partial charge in [0.15, 0.2) is 0 Å². The second kappa shape index (κ2) is 7.27. The Kier molecular flexibility index (Phi) is 5.13. The van der Waals surface area contributed by atoms with Gasteiger partial charge in [-0.2, -0.15) is 0 Å². The first-order valence-electron chi connectivity index (χ1n) is 8.44. The van der Waals surface area contributed by atoms with Gasteiger partial charge in [0.2, 0.25) is 0 Å². The Bertz CT molecular complexity index is 509. The fourth-order valence-corrected chi connectivity index (χ4v) is 3.61. The smallest absolute Gasteiger partial charge is 0.407 e. The summed E-state index contributed by atoms with van der Waals surface area (Å²) >= 11 is 0. The number of ether oxygens (including phenoxy) is 1. The summed E-state index contributed by atoms with van der Waals surface area (Å²) in [6, 6.07) is 3.98. The van der Waals surface area contributed by atoms with Gasteiger partial charge < -0.3 is 19.6 Å². The van der Waals surface area contributed by atoms with Crippen molar-refractivity contribution in [3.05, 3.63) is 30.1 Å². The molecule has 2 saturated heterocycles. The SMILES string of the molecule is O=C(O)N1CCC(OCCN2CCCC2)(c2ccncc2)CC1. The van der Waals surface area contributed by atoms with Gasteiger partial charge in [-0.25, -0.2) is 4.79 Å². The summed E-state index contributed by atoms with van der Waals surface area (Å²) in [6.07, 6.45) is 6.68. The van der Waals surface area contributed by atoms with Crippen LogP contribution >= 0.6 is 0 Å². The Morgan fingerprint density at radius 2 is 1.83 bits per heavy atom. The lowest BCUT2D eigenvalue weighted by Crippen LogP contribution is -2.46. The van der Waals surface area contributed by atoms with Gasteiger partial charge in [-0.15, -0.1) is 0 Å². The molecule has 0 unspecified atom stereocenters. The van der Waals surface area contributed by atoms with E-state index in [0.29, 0.717) is 32.5 Å². The Balaban J connectivity index is 1.66. The highest BCUT2D eigenvalue weighted by Gasteiger charge is 2.38. The average Bonchev–Trinajstić information content (AvgIpc) is 3.09. The van der Waals surface area contributed by atoms with Crippen molar-refractivity contribution >= 4 is 6.09 Å². The lowest BCUT2D eigenvalue weighted by atomic mass is 9.84. The van der Waals surface area contributed by atoms with Gasteiger partial charge in [-0.1, -0.05) is 0 Å². The molecule has 1 amide bonds. The van der Waals surface area contributed by atoms with Crippen molar-refractivity contribution in [2.45, 2.75) is 31.3 Å². The molecule has 1 aromatic rings. The maximum absolute atomic E-state index is 11.2. The minimum Gasteiger partial charge on any atom is -0.465 e. The van der Waals surface area contributed by atoms with E-state index in [1.807, 2.05) is 12.1 Å². The van der Waals surface area contributed by atoms with Crippen molar-refractivity contribution in [2.24, 2.45) is 0 Å². The standard InChI is InChI=1S/C17H25N3O3/c21-16(22)20-11-5-17(6-12-20,15-3-7-18-8-4-15)23-14-13-19-9-1-2-10-19/h3-4,7-8H,1-2,5-6,9-14H2,(H,21,22). The van der Waals surface area contributed by atoms with Crippen LogP contribution < -0.4 is 0 Å². The molecule has 126 valence electrons. The summed E-state index contributed by atoms with van der Waals surface area (Å²) in [6.45, 7) is 5.00. The van der Waals surface area contributed by atoms with Crippen LogP contribution in [0.3, 0.4) is 0 Å². The fourth-order valence-electron chi connectivity index (χ4n) is 3.61. The van der Waals surface area contributed by atoms with E-state index in [1.165, 1.54) is 30.8 Å². The van der Waals surface area contributed by atoms with Crippen LogP contribution in [-0.2, 0) is 10.3 Å². The number of pyridine rings is 1. The van der Waals surface area contributed by atoms with Gasteiger partial charge >= 0.3 is 6.09 Å². The molecule has 0 aliphatic carbocycles. The maximum Gasteiger partial charge on any atom is 0.407 e. The van der Waals surface area contributed by atoms with E-state index in [9.17, 15) is 4.79 Å². The molecule has 3 heterocycles. The highest BCUT2D eigenvalue weighted by molar-refractivity contribution is 5.65. The number of piperidine rings is 1. The summed E-state index contributed by atoms with van der Waals surface area (Å²) in [5, 5.41) is 9.17. The summed E-state index contributed by atoms with van der Waals surface area (Å²) in [5.41, 5.74) is 0.730. The molecule has 23 heavy (non-hydrogen) atoms. The van der Waals surface area contributed by atoms with Gasteiger partial charge in [0.05, 0.1) is 12.2 Å². The molecule has 0 atom stereocenters. The van der Waals surface area contributed by atoms with Crippen LogP contribution in [0.2, 0.25) is 0 Å². The quantitative estimate of drug-likeness (QED) is 0.901. The van der Waals surface area contributed by atoms with E-state index in [2.05, 4.69) is 9.88 Å². The first kappa shape index (κ1) is 16.2. The van der Waals surface area contributed by atoms with E-state index in [-0.39, 0.29) is 5.60 Å². The van der Waals surface area contributed by atoms with Crippen LogP contribution in [0.5, 0.6) is 0 Å². The molecule has 0 bridgehead atoms. The normalized spacial score (nSPS) is 21.5. The van der Waals surface area contributed by atoms with E-state index in [1.54, 1.807) is 12.4 Å². The molecule has 0 aromatic carbocycles. The molecule has 0 saturated carbocycles. The molecular weight excluding hydrogens is 294 g/mol. The van der Waals surface area contributed by atoms with Crippen molar-refractivity contribution in [1.29, 1.82) is 0 Å². The highest BCUT2D eigenvalue weighted by Crippen LogP contribution is 2.36. The summed E-state index contributed by atoms with van der Waals surface area (Å²) in [7, 11) is 0. The molecule has 6 heteroatoms. The molecular formula is C17H25N3O3. The van der Waals surface area contributed by atoms with Crippen LogP contribution in [-0.4, -0.2) is 65.3 Å². The van der Waals surface area contributed by atoms with Crippen molar-refractivity contribution in [3.63, 3.8) is 0 Å². The molecule has 0 radical (unpaired) electrons. The van der Waals surface area contributed by atoms with Gasteiger partial charge in [-0.05, 0) is 56.5 Å². The van der Waals surface area contributed by atoms with Crippen LogP contribution in [0, 0.1) is 0 Å². The van der Waals surface area contributed by atoms with E-state index in [0.717, 1.165) is 12.1 Å². The Hall–Kier alpha value is -1.66. The molecule has 0 spiro atoms. The molecule has 2 fully saturated rings. The van der Waals surface area contributed by atoms with E-state index < -0.39 is 6.09 Å². The zero-order chi connectivity index (χ0) is 16.1. The third-order valence-electron chi connectivity index (χ3n) is 5.03. The lowest BCUT2D eigenvalue weighted by molar-refractivity contribution is -0.0901. The third-order valence-corrected chi connectivity index (χ3v) is 5.03. The summed E-state index contributed by atoms with van der Waals surface area (Å²) in [5.74, 6) is 0. The minimum absolute atomic E-state index is 0.380. The van der Waals surface area contributed by atoms with E-state index >= 15 is 0 Å². The molecule has 6 nitrogen and oxygen atoms in total. The number of carbonyl (C=O) groups is 1. The Morgan fingerprint density at radius 1 is 1.17 bits per heavy atom. The first-order valence-corrected chi connectivity index (χ1v) is 8.44. The van der Waals surface area contributed by atoms with Crippen molar-refractivity contribution in [1.82, 2.24) is 14.8 Å². The van der Waals surface area contributed by atoms with Gasteiger partial charge in [0, 0.05) is 32.0 Å². The predicted octanol–water partition coefficient (Wildman–Crippen LogP) is 2.16. The summed E-state index contributed by atoms with van der Waals surface area (Å²) in [4.78, 5) is 19.2. The first-order chi connectivity index (χ1) is 11.2. The maximum atomic E-state index is 11.2. The van der Waals surface area contributed by atoms with Crippen molar-refractivity contribution in [3.8, 4) is 0 Å². The number of hydrogen-bond donors (Lipinski definition) is 1. The lowest BCUT2D eigenvalue weighted by Gasteiger charge is -2.41. The number of nitrogens with zero attached hydrogens (tertiary/aromatic N) is 3. The number of likely N-dealkylation sites (tertiary alicyclic amines) is 2. The van der Waals surface area contributed by atoms with Gasteiger partial charge in [0.1, 0.15) is 0 Å². The Labute approximate surface area is 137 Å². The van der Waals surface area contributed by atoms with Crippen LogP contribution in [0.1, 0.15) is 31.2 Å². The van der Waals surface area contributed by atoms with Crippen LogP contribution in [0.15, 0.2) is 24.5 Å². The van der Waals surface area contributed by atoms with E-state index in [4.69, 9.17) is 9.84 Å². The summed E-state index contributed by atoms with van der Waals surface area (Å²) < 4.78 is 6.36. The average molecular weight is 319 g/mol. The molecule has 1 N–H and O–H groups in total. The second-order valence-corrected chi connectivity index (χ2v) is 6.40. The predicted molar refractivity (Wildman–Crippen MR) is 86.4 cm³/mol. The number of hydrogen-bond acceptors (Lipinski definition) is 4. The van der Waals surface area contributed by atoms with Crippen LogP contribution in [0.25, 0.3) is 0 Å². The van der Waals surface area contributed by atoms with Crippen molar-refractivity contribution in [2.75, 3.05) is 39.3 Å². The second-order valence-electron chi connectivity index (χ2n) is 6.40. The minimum atomic E-state index is -0.842. The third kappa shape index (κ3) is 3.82. The van der Waals surface area contributed by atoms with Gasteiger partial charge in [0.25, 0.3) is 0 Å². The molecule has 2 aliphatic rings. The van der Waals surface area contributed by atoms with Gasteiger partial charge in [-0.3, -0.25) is 4.98 Å². The highest BCUT2D eigenvalue weighted by atomic mass is 16.5. The number of rotatable bonds is 5. The van der Waals surface area contributed by atoms with Crippen LogP contribution in [0.4, 0.5) is 4.79 Å². The Morgan fingerprint density at radius 3 is 2.43 bits per heavy atom.